The van der Waals surface area contributed by atoms with Crippen LogP contribution in [-0.2, 0) is 23.9 Å². The Balaban J connectivity index is 1.78. The van der Waals surface area contributed by atoms with Crippen molar-refractivity contribution in [2.75, 3.05) is 31.2 Å². The van der Waals surface area contributed by atoms with Crippen LogP contribution in [0.1, 0.15) is 50.2 Å². The molecule has 8 heteroatoms. The van der Waals surface area contributed by atoms with Crippen LogP contribution < -0.4 is 4.90 Å². The Morgan fingerprint density at radius 2 is 1.92 bits per heavy atom. The number of fused-ring (bicyclic) bond motifs is 1. The predicted molar refractivity (Wildman–Crippen MR) is 144 cm³/mol. The summed E-state index contributed by atoms with van der Waals surface area (Å²) in [5, 5.41) is 9.38. The predicted octanol–water partition coefficient (Wildman–Crippen LogP) is 3.48. The van der Waals surface area contributed by atoms with Gasteiger partial charge >= 0.3 is 5.97 Å². The molecular formula is C30H40N2O6. The zero-order valence-electron chi connectivity index (χ0n) is 22.8. The number of hydrogen-bond acceptors (Lipinski definition) is 6. The van der Waals surface area contributed by atoms with Crippen molar-refractivity contribution in [1.29, 1.82) is 0 Å². The van der Waals surface area contributed by atoms with Gasteiger partial charge in [-0.1, -0.05) is 30.4 Å². The van der Waals surface area contributed by atoms with Gasteiger partial charge in [-0.2, -0.15) is 0 Å². The van der Waals surface area contributed by atoms with Crippen LogP contribution in [0.15, 0.2) is 43.5 Å². The molecule has 3 aliphatic rings. The standard InChI is InChI=1S/C30H40N2O6/c1-6-8-19-37-28(36)23-22-26(34)32(17-9-10-18-33)25(30(22)15-14-29(23,5)38-30)27(35)31(16-7-2)24-20(3)12-11-13-21(24)4/h6-7,11-13,22-23,25,33H,1-2,8-10,14-19H2,3-5H3/t22-,23+,25?,29-,30?/m0/s1. The molecule has 38 heavy (non-hydrogen) atoms. The molecule has 3 heterocycles. The number of nitrogens with zero attached hydrogens (tertiary/aromatic N) is 2. The second-order valence-corrected chi connectivity index (χ2v) is 10.9. The van der Waals surface area contributed by atoms with Crippen LogP contribution in [0.5, 0.6) is 0 Å². The fourth-order valence-corrected chi connectivity index (χ4v) is 6.83. The van der Waals surface area contributed by atoms with Gasteiger partial charge in [-0.25, -0.2) is 0 Å². The number of hydrogen-bond donors (Lipinski definition) is 1. The van der Waals surface area contributed by atoms with Crippen molar-refractivity contribution >= 4 is 23.5 Å². The number of amides is 2. The molecular weight excluding hydrogens is 484 g/mol. The fraction of sp³-hybridized carbons (Fsp3) is 0.567. The number of carbonyl (C=O) groups excluding carboxylic acids is 3. The van der Waals surface area contributed by atoms with Crippen LogP contribution in [0.25, 0.3) is 0 Å². The fourth-order valence-electron chi connectivity index (χ4n) is 6.83. The van der Waals surface area contributed by atoms with Gasteiger partial charge in [-0.3, -0.25) is 14.4 Å². The van der Waals surface area contributed by atoms with Crippen molar-refractivity contribution in [2.45, 2.75) is 70.1 Å². The van der Waals surface area contributed by atoms with Crippen LogP contribution in [0.2, 0.25) is 0 Å². The average molecular weight is 525 g/mol. The van der Waals surface area contributed by atoms with Crippen molar-refractivity contribution < 1.29 is 29.0 Å². The number of esters is 1. The molecule has 1 aromatic rings. The number of carbonyl (C=O) groups is 3. The number of ether oxygens (including phenoxy) is 2. The monoisotopic (exact) mass is 524 g/mol. The van der Waals surface area contributed by atoms with Gasteiger partial charge in [-0.15, -0.1) is 13.2 Å². The lowest BCUT2D eigenvalue weighted by Gasteiger charge is -2.37. The van der Waals surface area contributed by atoms with Gasteiger partial charge in [0.1, 0.15) is 17.6 Å². The van der Waals surface area contributed by atoms with Crippen molar-refractivity contribution in [2.24, 2.45) is 11.8 Å². The van der Waals surface area contributed by atoms with Crippen molar-refractivity contribution in [3.8, 4) is 0 Å². The van der Waals surface area contributed by atoms with Crippen LogP contribution in [0.3, 0.4) is 0 Å². The SMILES string of the molecule is C=CCCOC(=O)[C@H]1[C@H]2C(=O)N(CCCCO)C(C(=O)N(CC=C)c3c(C)cccc3C)C23CC[C@]1(C)O3. The van der Waals surface area contributed by atoms with E-state index < -0.39 is 35.0 Å². The number of anilines is 1. The minimum atomic E-state index is -1.12. The summed E-state index contributed by atoms with van der Waals surface area (Å²) in [6.45, 7) is 14.1. The molecule has 1 spiro atoms. The van der Waals surface area contributed by atoms with E-state index in [2.05, 4.69) is 13.2 Å². The number of para-hydroxylation sites is 1. The molecule has 0 aromatic heterocycles. The lowest BCUT2D eigenvalue weighted by atomic mass is 9.66. The lowest BCUT2D eigenvalue weighted by molar-refractivity contribution is -0.159. The minimum Gasteiger partial charge on any atom is -0.465 e. The molecule has 2 amide bonds. The molecule has 3 fully saturated rings. The number of likely N-dealkylation sites (tertiary alicyclic amines) is 1. The Morgan fingerprint density at radius 1 is 1.21 bits per heavy atom. The van der Waals surface area contributed by atoms with E-state index in [0.29, 0.717) is 38.6 Å². The minimum absolute atomic E-state index is 0.00691. The third-order valence-corrected chi connectivity index (χ3v) is 8.43. The molecule has 8 nitrogen and oxygen atoms in total. The summed E-state index contributed by atoms with van der Waals surface area (Å²) in [6.07, 6.45) is 5.95. The maximum Gasteiger partial charge on any atom is 0.312 e. The Morgan fingerprint density at radius 3 is 2.55 bits per heavy atom. The number of unbranched alkanes of at least 4 members (excludes halogenated alkanes) is 1. The van der Waals surface area contributed by atoms with Crippen LogP contribution in [-0.4, -0.2) is 71.3 Å². The molecule has 0 saturated carbocycles. The number of rotatable bonds is 12. The van der Waals surface area contributed by atoms with Gasteiger partial charge in [0.15, 0.2) is 0 Å². The first-order chi connectivity index (χ1) is 18.2. The summed E-state index contributed by atoms with van der Waals surface area (Å²) < 4.78 is 12.2. The Hall–Kier alpha value is -2.97. The van der Waals surface area contributed by atoms with Crippen molar-refractivity contribution in [1.82, 2.24) is 4.90 Å². The molecule has 4 rings (SSSR count). The number of aliphatic hydroxyl groups excluding tert-OH is 1. The maximum absolute atomic E-state index is 14.6. The average Bonchev–Trinajstić information content (AvgIpc) is 3.44. The molecule has 1 aromatic carbocycles. The van der Waals surface area contributed by atoms with Gasteiger partial charge < -0.3 is 24.4 Å². The summed E-state index contributed by atoms with van der Waals surface area (Å²) in [4.78, 5) is 45.3. The highest BCUT2D eigenvalue weighted by Crippen LogP contribution is 2.63. The largest absolute Gasteiger partial charge is 0.465 e. The molecule has 3 saturated heterocycles. The molecule has 0 aliphatic carbocycles. The normalized spacial score (nSPS) is 29.3. The Bertz CT molecular complexity index is 1100. The van der Waals surface area contributed by atoms with Gasteiger partial charge in [0.2, 0.25) is 5.91 Å². The van der Waals surface area contributed by atoms with E-state index in [-0.39, 0.29) is 31.6 Å². The van der Waals surface area contributed by atoms with E-state index in [1.54, 1.807) is 22.0 Å². The second-order valence-electron chi connectivity index (χ2n) is 10.9. The summed E-state index contributed by atoms with van der Waals surface area (Å²) in [7, 11) is 0. The first-order valence-corrected chi connectivity index (χ1v) is 13.5. The molecule has 0 radical (unpaired) electrons. The first kappa shape index (κ1) is 28.0. The first-order valence-electron chi connectivity index (χ1n) is 13.5. The highest BCUT2D eigenvalue weighted by atomic mass is 16.6. The second kappa shape index (κ2) is 11.0. The number of benzene rings is 1. The highest BCUT2D eigenvalue weighted by Gasteiger charge is 2.78. The third-order valence-electron chi connectivity index (χ3n) is 8.43. The van der Waals surface area contributed by atoms with E-state index >= 15 is 0 Å². The smallest absolute Gasteiger partial charge is 0.312 e. The van der Waals surface area contributed by atoms with Crippen molar-refractivity contribution in [3.05, 3.63) is 54.6 Å². The van der Waals surface area contributed by atoms with Gasteiger partial charge in [-0.05, 0) is 64.0 Å². The molecule has 1 N–H and O–H groups in total. The van der Waals surface area contributed by atoms with E-state index in [4.69, 9.17) is 9.47 Å². The summed E-state index contributed by atoms with van der Waals surface area (Å²) in [5.74, 6) is -2.55. The van der Waals surface area contributed by atoms with E-state index in [1.807, 2.05) is 39.0 Å². The van der Waals surface area contributed by atoms with Crippen LogP contribution in [0, 0.1) is 25.7 Å². The van der Waals surface area contributed by atoms with Gasteiger partial charge in [0.05, 0.1) is 18.1 Å². The topological polar surface area (TPSA) is 96.4 Å². The third kappa shape index (κ3) is 4.47. The van der Waals surface area contributed by atoms with Gasteiger partial charge in [0, 0.05) is 25.4 Å². The van der Waals surface area contributed by atoms with E-state index in [0.717, 1.165) is 16.8 Å². The zero-order chi connectivity index (χ0) is 27.7. The van der Waals surface area contributed by atoms with Crippen LogP contribution >= 0.6 is 0 Å². The molecule has 5 atom stereocenters. The molecule has 3 aliphatic heterocycles. The van der Waals surface area contributed by atoms with Crippen molar-refractivity contribution in [3.63, 3.8) is 0 Å². The summed E-state index contributed by atoms with van der Waals surface area (Å²) in [5.41, 5.74) is 0.665. The highest BCUT2D eigenvalue weighted by molar-refractivity contribution is 6.05. The molecule has 2 unspecified atom stereocenters. The summed E-state index contributed by atoms with van der Waals surface area (Å²) in [6, 6.07) is 4.97. The van der Waals surface area contributed by atoms with Gasteiger partial charge in [0.25, 0.3) is 5.91 Å². The quantitative estimate of drug-likeness (QED) is 0.256. The molecule has 206 valence electrons. The van der Waals surface area contributed by atoms with E-state index in [9.17, 15) is 19.5 Å². The zero-order valence-corrected chi connectivity index (χ0v) is 22.8. The Labute approximate surface area is 225 Å². The molecule has 2 bridgehead atoms. The number of aryl methyl sites for hydroxylation is 2. The lowest BCUT2D eigenvalue weighted by Crippen LogP contribution is -2.56. The summed E-state index contributed by atoms with van der Waals surface area (Å²) >= 11 is 0. The van der Waals surface area contributed by atoms with Crippen LogP contribution in [0.4, 0.5) is 5.69 Å². The Kier molecular flexibility index (Phi) is 8.14. The maximum atomic E-state index is 14.6. The van der Waals surface area contributed by atoms with E-state index in [1.165, 1.54) is 0 Å². The number of aliphatic hydroxyl groups is 1.